The van der Waals surface area contributed by atoms with E-state index < -0.39 is 41.3 Å². The van der Waals surface area contributed by atoms with E-state index in [9.17, 15) is 19.8 Å². The standard InChI is InChI=1S/C20H28O6/c1-6-10(2)17(22)25-14-8-7-11(3)19(5)9-13-12(4)18(23)26-15(13)16(21)20(14,19)24/h6,11,14-16,21,24H,7-9H2,1-5H3/b10-6-/t11-,14-,15+,16-,19+,20-/m0/s1. The van der Waals surface area contributed by atoms with Gasteiger partial charge >= 0.3 is 11.9 Å². The van der Waals surface area contributed by atoms with Crippen LogP contribution in [0.15, 0.2) is 22.8 Å². The third-order valence-corrected chi connectivity index (χ3v) is 7.02. The van der Waals surface area contributed by atoms with E-state index in [-0.39, 0.29) is 5.92 Å². The molecule has 3 aliphatic rings. The summed E-state index contributed by atoms with van der Waals surface area (Å²) in [6, 6.07) is 0. The molecule has 3 rings (SSSR count). The van der Waals surface area contributed by atoms with Gasteiger partial charge in [-0.15, -0.1) is 0 Å². The van der Waals surface area contributed by atoms with Gasteiger partial charge in [0, 0.05) is 16.6 Å². The van der Waals surface area contributed by atoms with Crippen LogP contribution in [0.1, 0.15) is 53.9 Å². The Hall–Kier alpha value is -1.66. The second-order valence-electron chi connectivity index (χ2n) is 8.18. The van der Waals surface area contributed by atoms with Crippen LogP contribution < -0.4 is 0 Å². The number of fused-ring (bicyclic) bond motifs is 2. The smallest absolute Gasteiger partial charge is 0.334 e. The van der Waals surface area contributed by atoms with Gasteiger partial charge in [0.15, 0.2) is 6.10 Å². The predicted octanol–water partition coefficient (Wildman–Crippen LogP) is 2.04. The molecule has 0 saturated heterocycles. The maximum absolute atomic E-state index is 12.3. The summed E-state index contributed by atoms with van der Waals surface area (Å²) in [4.78, 5) is 24.3. The zero-order valence-corrected chi connectivity index (χ0v) is 16.0. The van der Waals surface area contributed by atoms with Gasteiger partial charge in [0.2, 0.25) is 0 Å². The van der Waals surface area contributed by atoms with Crippen LogP contribution in [0.3, 0.4) is 0 Å². The third kappa shape index (κ3) is 2.38. The first-order valence-corrected chi connectivity index (χ1v) is 9.22. The number of esters is 2. The first kappa shape index (κ1) is 19.1. The largest absolute Gasteiger partial charge is 0.456 e. The van der Waals surface area contributed by atoms with Gasteiger partial charge in [-0.05, 0) is 51.5 Å². The zero-order valence-electron chi connectivity index (χ0n) is 16.0. The number of aliphatic hydroxyl groups is 2. The number of hydrogen-bond donors (Lipinski definition) is 2. The van der Waals surface area contributed by atoms with Crippen LogP contribution in [-0.2, 0) is 19.1 Å². The zero-order chi connectivity index (χ0) is 19.4. The molecule has 2 saturated carbocycles. The third-order valence-electron chi connectivity index (χ3n) is 7.02. The molecule has 0 aromatic rings. The molecule has 2 N–H and O–H groups in total. The van der Waals surface area contributed by atoms with Gasteiger partial charge in [-0.2, -0.15) is 0 Å². The van der Waals surface area contributed by atoms with Crippen molar-refractivity contribution in [2.75, 3.05) is 0 Å². The van der Waals surface area contributed by atoms with Crippen molar-refractivity contribution in [3.8, 4) is 0 Å². The minimum Gasteiger partial charge on any atom is -0.456 e. The molecule has 0 aromatic carbocycles. The summed E-state index contributed by atoms with van der Waals surface area (Å²) in [6.45, 7) is 9.02. The molecule has 144 valence electrons. The monoisotopic (exact) mass is 364 g/mol. The van der Waals surface area contributed by atoms with Crippen LogP contribution in [0.4, 0.5) is 0 Å². The topological polar surface area (TPSA) is 93.1 Å². The molecular weight excluding hydrogens is 336 g/mol. The quantitative estimate of drug-likeness (QED) is 0.575. The summed E-state index contributed by atoms with van der Waals surface area (Å²) in [5.41, 5.74) is -0.719. The highest BCUT2D eigenvalue weighted by molar-refractivity contribution is 5.92. The lowest BCUT2D eigenvalue weighted by molar-refractivity contribution is -0.274. The highest BCUT2D eigenvalue weighted by Crippen LogP contribution is 2.59. The van der Waals surface area contributed by atoms with Gasteiger partial charge in [0.1, 0.15) is 17.8 Å². The molecule has 0 unspecified atom stereocenters. The number of aliphatic hydroxyl groups excluding tert-OH is 1. The highest BCUT2D eigenvalue weighted by Gasteiger charge is 2.68. The van der Waals surface area contributed by atoms with Crippen molar-refractivity contribution in [2.45, 2.75) is 77.8 Å². The molecule has 6 atom stereocenters. The molecule has 2 aliphatic carbocycles. The number of rotatable bonds is 2. The fourth-order valence-corrected chi connectivity index (χ4v) is 4.77. The molecule has 26 heavy (non-hydrogen) atoms. The molecule has 1 aliphatic heterocycles. The van der Waals surface area contributed by atoms with E-state index in [0.717, 1.165) is 12.0 Å². The molecule has 0 amide bonds. The van der Waals surface area contributed by atoms with Crippen molar-refractivity contribution in [2.24, 2.45) is 11.3 Å². The van der Waals surface area contributed by atoms with Crippen LogP contribution in [0, 0.1) is 11.3 Å². The van der Waals surface area contributed by atoms with Gasteiger partial charge in [-0.3, -0.25) is 0 Å². The summed E-state index contributed by atoms with van der Waals surface area (Å²) in [6.07, 6.45) is 0.203. The number of ether oxygens (including phenoxy) is 2. The molecular formula is C20H28O6. The highest BCUT2D eigenvalue weighted by atomic mass is 16.6. The summed E-state index contributed by atoms with van der Waals surface area (Å²) < 4.78 is 11.0. The number of carbonyl (C=O) groups is 2. The van der Waals surface area contributed by atoms with Crippen LogP contribution in [0.5, 0.6) is 0 Å². The fourth-order valence-electron chi connectivity index (χ4n) is 4.77. The molecule has 0 spiro atoms. The Balaban J connectivity index is 2.03. The van der Waals surface area contributed by atoms with Gasteiger partial charge in [0.25, 0.3) is 0 Å². The fraction of sp³-hybridized carbons (Fsp3) is 0.700. The van der Waals surface area contributed by atoms with Gasteiger partial charge in [0.05, 0.1) is 0 Å². The first-order valence-electron chi connectivity index (χ1n) is 9.22. The van der Waals surface area contributed by atoms with Crippen molar-refractivity contribution in [3.63, 3.8) is 0 Å². The summed E-state index contributed by atoms with van der Waals surface area (Å²) in [5, 5.41) is 22.8. The second-order valence-corrected chi connectivity index (χ2v) is 8.18. The van der Waals surface area contributed by atoms with E-state index in [2.05, 4.69) is 0 Å². The van der Waals surface area contributed by atoms with Crippen molar-refractivity contribution in [1.82, 2.24) is 0 Å². The van der Waals surface area contributed by atoms with E-state index in [1.165, 1.54) is 0 Å². The molecule has 0 radical (unpaired) electrons. The SMILES string of the molecule is C/C=C(/C)C(=O)O[C@H]1CC[C@H](C)[C@@]2(C)CC3=C(C)C(=O)O[C@H]3[C@H](O)[C@@]12O. The van der Waals surface area contributed by atoms with E-state index in [0.29, 0.717) is 24.0 Å². The first-order chi connectivity index (χ1) is 12.1. The Labute approximate surface area is 153 Å². The number of carbonyl (C=O) groups excluding carboxylic acids is 2. The average Bonchev–Trinajstić information content (AvgIpc) is 2.88. The maximum atomic E-state index is 12.3. The van der Waals surface area contributed by atoms with E-state index in [4.69, 9.17) is 9.47 Å². The Morgan fingerprint density at radius 2 is 2.04 bits per heavy atom. The summed E-state index contributed by atoms with van der Waals surface area (Å²) >= 11 is 0. The molecule has 2 fully saturated rings. The van der Waals surface area contributed by atoms with Crippen LogP contribution in [0.2, 0.25) is 0 Å². The van der Waals surface area contributed by atoms with Crippen molar-refractivity contribution >= 4 is 11.9 Å². The average molecular weight is 364 g/mol. The predicted molar refractivity (Wildman–Crippen MR) is 94.0 cm³/mol. The Morgan fingerprint density at radius 1 is 1.38 bits per heavy atom. The number of allylic oxidation sites excluding steroid dienone is 1. The molecule has 6 nitrogen and oxygen atoms in total. The van der Waals surface area contributed by atoms with Gasteiger partial charge in [-0.1, -0.05) is 19.9 Å². The molecule has 0 bridgehead atoms. The lowest BCUT2D eigenvalue weighted by atomic mass is 9.49. The summed E-state index contributed by atoms with van der Waals surface area (Å²) in [7, 11) is 0. The van der Waals surface area contributed by atoms with Gasteiger partial charge in [-0.25, -0.2) is 9.59 Å². The Morgan fingerprint density at radius 3 is 2.65 bits per heavy atom. The summed E-state index contributed by atoms with van der Waals surface area (Å²) in [5.74, 6) is -0.881. The normalized spacial score (nSPS) is 42.9. The van der Waals surface area contributed by atoms with Crippen LogP contribution >= 0.6 is 0 Å². The van der Waals surface area contributed by atoms with E-state index >= 15 is 0 Å². The molecule has 0 aromatic heterocycles. The van der Waals surface area contributed by atoms with Crippen molar-refractivity contribution < 1.29 is 29.3 Å². The Kier molecular flexibility index (Phi) is 4.56. The number of hydrogen-bond acceptors (Lipinski definition) is 6. The van der Waals surface area contributed by atoms with E-state index in [1.54, 1.807) is 26.8 Å². The minimum absolute atomic E-state index is 0.0804. The minimum atomic E-state index is -1.69. The lowest BCUT2D eigenvalue weighted by Crippen LogP contribution is -2.72. The lowest BCUT2D eigenvalue weighted by Gasteiger charge is -2.60. The molecule has 1 heterocycles. The van der Waals surface area contributed by atoms with E-state index in [1.807, 2.05) is 13.8 Å². The second kappa shape index (κ2) is 6.20. The molecule has 6 heteroatoms. The Bertz CT molecular complexity index is 707. The van der Waals surface area contributed by atoms with Crippen molar-refractivity contribution in [3.05, 3.63) is 22.8 Å². The van der Waals surface area contributed by atoms with Crippen LogP contribution in [-0.4, -0.2) is 46.1 Å². The van der Waals surface area contributed by atoms with Crippen molar-refractivity contribution in [1.29, 1.82) is 0 Å². The maximum Gasteiger partial charge on any atom is 0.334 e. The van der Waals surface area contributed by atoms with Gasteiger partial charge < -0.3 is 19.7 Å². The van der Waals surface area contributed by atoms with Crippen LogP contribution in [0.25, 0.3) is 0 Å².